The number of thiocarbonyl (C=S) groups is 1. The van der Waals surface area contributed by atoms with Gasteiger partial charge in [-0.1, -0.05) is 29.8 Å². The Balaban J connectivity index is 1.68. The van der Waals surface area contributed by atoms with Crippen molar-refractivity contribution in [3.05, 3.63) is 59.6 Å². The van der Waals surface area contributed by atoms with Gasteiger partial charge in [0.15, 0.2) is 6.10 Å². The molecule has 2 N–H and O–H groups in total. The molecule has 0 bridgehead atoms. The minimum absolute atomic E-state index is 0.0939. The number of hydrogen-bond donors (Lipinski definition) is 2. The molecule has 1 saturated heterocycles. The van der Waals surface area contributed by atoms with E-state index in [9.17, 15) is 10.2 Å². The van der Waals surface area contributed by atoms with Crippen molar-refractivity contribution in [2.45, 2.75) is 24.6 Å². The minimum atomic E-state index is -1.26. The third kappa shape index (κ3) is 4.84. The Morgan fingerprint density at radius 1 is 1.04 bits per heavy atom. The van der Waals surface area contributed by atoms with Crippen LogP contribution in [0.25, 0.3) is 0 Å². The average Bonchev–Trinajstić information content (AvgIpc) is 2.64. The van der Waals surface area contributed by atoms with Crippen LogP contribution in [-0.2, 0) is 9.47 Å². The van der Waals surface area contributed by atoms with Gasteiger partial charge < -0.3 is 29.2 Å². The summed E-state index contributed by atoms with van der Waals surface area (Å²) in [5, 5.41) is 20.4. The number of halogens is 1. The van der Waals surface area contributed by atoms with Crippen LogP contribution in [0.1, 0.15) is 0 Å². The lowest BCUT2D eigenvalue weighted by Gasteiger charge is -2.37. The van der Waals surface area contributed by atoms with Gasteiger partial charge in [0.25, 0.3) is 0 Å². The molecule has 1 heterocycles. The zero-order chi connectivity index (χ0) is 18.5. The molecular weight excluding hydrogens is 380 g/mol. The van der Waals surface area contributed by atoms with Crippen molar-refractivity contribution in [3.63, 3.8) is 0 Å². The van der Waals surface area contributed by atoms with Gasteiger partial charge >= 0.3 is 5.24 Å². The molecule has 26 heavy (non-hydrogen) atoms. The standard InChI is InChI=1S/C18H17ClO6S/c19-11-6-8-13(9-7-11)24-18(26)25-16-15(21)14(20)10-22-17(16)23-12-4-2-1-3-5-12/h1-9,14-17,20-21H,10H2/t14-,15+,16-,17-/m1/s1. The van der Waals surface area contributed by atoms with Gasteiger partial charge in [-0.15, -0.1) is 0 Å². The number of hydrogen-bond acceptors (Lipinski definition) is 7. The van der Waals surface area contributed by atoms with Crippen molar-refractivity contribution in [2.24, 2.45) is 0 Å². The molecule has 138 valence electrons. The molecule has 0 radical (unpaired) electrons. The normalized spacial score (nSPS) is 25.3. The monoisotopic (exact) mass is 396 g/mol. The fraction of sp³-hybridized carbons (Fsp3) is 0.278. The fourth-order valence-corrected chi connectivity index (χ4v) is 2.69. The van der Waals surface area contributed by atoms with E-state index in [4.69, 9.17) is 42.8 Å². The number of aliphatic hydroxyl groups is 2. The highest BCUT2D eigenvalue weighted by Crippen LogP contribution is 2.24. The van der Waals surface area contributed by atoms with E-state index in [-0.39, 0.29) is 11.8 Å². The third-order valence-electron chi connectivity index (χ3n) is 3.67. The molecular formula is C18H17ClO6S. The molecule has 2 aromatic rings. The second-order valence-electron chi connectivity index (χ2n) is 5.58. The molecule has 4 atom stereocenters. The molecule has 3 rings (SSSR count). The largest absolute Gasteiger partial charge is 0.461 e. The van der Waals surface area contributed by atoms with E-state index >= 15 is 0 Å². The number of ether oxygens (including phenoxy) is 4. The Labute approximate surface area is 160 Å². The molecule has 2 aromatic carbocycles. The summed E-state index contributed by atoms with van der Waals surface area (Å²) in [6.07, 6.45) is -4.43. The van der Waals surface area contributed by atoms with E-state index in [1.54, 1.807) is 48.5 Å². The molecule has 0 spiro atoms. The van der Waals surface area contributed by atoms with Gasteiger partial charge in [-0.25, -0.2) is 0 Å². The molecule has 0 saturated carbocycles. The zero-order valence-electron chi connectivity index (χ0n) is 13.5. The Hall–Kier alpha value is -1.90. The highest BCUT2D eigenvalue weighted by atomic mass is 35.5. The Bertz CT molecular complexity index is 726. The number of aliphatic hydroxyl groups excluding tert-OH is 2. The van der Waals surface area contributed by atoms with Gasteiger partial charge in [-0.2, -0.15) is 0 Å². The molecule has 0 aliphatic carbocycles. The smallest absolute Gasteiger partial charge is 0.358 e. The van der Waals surface area contributed by atoms with Gasteiger partial charge in [-0.3, -0.25) is 0 Å². The van der Waals surface area contributed by atoms with Crippen molar-refractivity contribution in [1.29, 1.82) is 0 Å². The topological polar surface area (TPSA) is 77.4 Å². The number of para-hydroxylation sites is 1. The lowest BCUT2D eigenvalue weighted by molar-refractivity contribution is -0.239. The molecule has 1 fully saturated rings. The summed E-state index contributed by atoms with van der Waals surface area (Å²) >= 11 is 10.9. The number of benzene rings is 2. The second kappa shape index (κ2) is 8.66. The van der Waals surface area contributed by atoms with E-state index in [2.05, 4.69) is 0 Å². The van der Waals surface area contributed by atoms with Crippen LogP contribution < -0.4 is 9.47 Å². The Kier molecular flexibility index (Phi) is 6.29. The van der Waals surface area contributed by atoms with Crippen LogP contribution in [0.15, 0.2) is 54.6 Å². The summed E-state index contributed by atoms with van der Waals surface area (Å²) in [5.41, 5.74) is 0. The van der Waals surface area contributed by atoms with Crippen molar-refractivity contribution in [3.8, 4) is 11.5 Å². The zero-order valence-corrected chi connectivity index (χ0v) is 15.1. The van der Waals surface area contributed by atoms with Gasteiger partial charge in [0, 0.05) is 17.2 Å². The predicted molar refractivity (Wildman–Crippen MR) is 98.4 cm³/mol. The van der Waals surface area contributed by atoms with Crippen LogP contribution in [0.4, 0.5) is 0 Å². The van der Waals surface area contributed by atoms with Gasteiger partial charge in [-0.05, 0) is 36.4 Å². The van der Waals surface area contributed by atoms with E-state index in [1.807, 2.05) is 6.07 Å². The van der Waals surface area contributed by atoms with E-state index in [0.29, 0.717) is 16.5 Å². The molecule has 1 aliphatic rings. The maximum atomic E-state index is 10.3. The van der Waals surface area contributed by atoms with Crippen LogP contribution in [0, 0.1) is 0 Å². The summed E-state index contributed by atoms with van der Waals surface area (Å²) in [6, 6.07) is 15.4. The SMILES string of the molecule is O[C@@H]1[C@@H](OC(=S)Oc2ccc(Cl)cc2)[C@@H](Oc2ccccc2)OC[C@H]1O. The molecule has 0 aromatic heterocycles. The van der Waals surface area contributed by atoms with Crippen molar-refractivity contribution in [1.82, 2.24) is 0 Å². The lowest BCUT2D eigenvalue weighted by atomic mass is 10.1. The summed E-state index contributed by atoms with van der Waals surface area (Å²) in [6.45, 7) is -0.0939. The maximum Gasteiger partial charge on any atom is 0.358 e. The number of rotatable bonds is 4. The van der Waals surface area contributed by atoms with Crippen LogP contribution in [-0.4, -0.2) is 46.7 Å². The lowest BCUT2D eigenvalue weighted by Crippen LogP contribution is -2.56. The minimum Gasteiger partial charge on any atom is -0.461 e. The predicted octanol–water partition coefficient (Wildman–Crippen LogP) is 2.55. The van der Waals surface area contributed by atoms with Crippen molar-refractivity contribution in [2.75, 3.05) is 6.61 Å². The van der Waals surface area contributed by atoms with Crippen molar-refractivity contribution < 1.29 is 29.2 Å². The van der Waals surface area contributed by atoms with E-state index in [1.165, 1.54) is 0 Å². The third-order valence-corrected chi connectivity index (χ3v) is 4.10. The first-order chi connectivity index (χ1) is 12.5. The van der Waals surface area contributed by atoms with Crippen molar-refractivity contribution >= 4 is 29.1 Å². The first kappa shape index (κ1) is 18.9. The molecule has 1 aliphatic heterocycles. The quantitative estimate of drug-likeness (QED) is 0.769. The fourth-order valence-electron chi connectivity index (χ4n) is 2.36. The highest BCUT2D eigenvalue weighted by molar-refractivity contribution is 7.79. The highest BCUT2D eigenvalue weighted by Gasteiger charge is 2.43. The Morgan fingerprint density at radius 3 is 2.42 bits per heavy atom. The van der Waals surface area contributed by atoms with E-state index in [0.717, 1.165) is 0 Å². The Morgan fingerprint density at radius 2 is 1.73 bits per heavy atom. The van der Waals surface area contributed by atoms with E-state index < -0.39 is 24.6 Å². The summed E-state index contributed by atoms with van der Waals surface area (Å²) < 4.78 is 22.1. The summed E-state index contributed by atoms with van der Waals surface area (Å²) in [5.74, 6) is 0.950. The van der Waals surface area contributed by atoms with Crippen LogP contribution in [0.2, 0.25) is 5.02 Å². The first-order valence-electron chi connectivity index (χ1n) is 7.86. The first-order valence-corrected chi connectivity index (χ1v) is 8.65. The second-order valence-corrected chi connectivity index (χ2v) is 6.35. The van der Waals surface area contributed by atoms with Crippen LogP contribution in [0.5, 0.6) is 11.5 Å². The molecule has 8 heteroatoms. The molecule has 0 amide bonds. The van der Waals surface area contributed by atoms with Gasteiger partial charge in [0.1, 0.15) is 23.7 Å². The molecule has 6 nitrogen and oxygen atoms in total. The average molecular weight is 397 g/mol. The van der Waals surface area contributed by atoms with Crippen LogP contribution >= 0.6 is 23.8 Å². The molecule has 0 unspecified atom stereocenters. The van der Waals surface area contributed by atoms with Gasteiger partial charge in [0.2, 0.25) is 6.29 Å². The summed E-state index contributed by atoms with van der Waals surface area (Å²) in [7, 11) is 0. The maximum absolute atomic E-state index is 10.3. The summed E-state index contributed by atoms with van der Waals surface area (Å²) in [4.78, 5) is 0. The van der Waals surface area contributed by atoms with Gasteiger partial charge in [0.05, 0.1) is 6.61 Å². The van der Waals surface area contributed by atoms with Crippen LogP contribution in [0.3, 0.4) is 0 Å².